The van der Waals surface area contributed by atoms with Gasteiger partial charge in [0.05, 0.1) is 5.52 Å². The Morgan fingerprint density at radius 3 is 2.68 bits per heavy atom. The van der Waals surface area contributed by atoms with Crippen LogP contribution in [0.25, 0.3) is 5.52 Å². The van der Waals surface area contributed by atoms with Gasteiger partial charge >= 0.3 is 0 Å². The molecule has 0 spiro atoms. The number of halogens is 1. The highest BCUT2D eigenvalue weighted by Gasteiger charge is 2.26. The number of aromatic nitrogens is 2. The molecule has 1 aliphatic heterocycles. The molecule has 3 heterocycles. The smallest absolute Gasteiger partial charge is 0.290 e. The predicted octanol–water partition coefficient (Wildman–Crippen LogP) is 4.17. The van der Waals surface area contributed by atoms with E-state index in [1.54, 1.807) is 28.8 Å². The number of rotatable bonds is 3. The summed E-state index contributed by atoms with van der Waals surface area (Å²) in [6, 6.07) is 10.8. The van der Waals surface area contributed by atoms with Crippen molar-refractivity contribution in [3.8, 4) is 0 Å². The SMILES string of the molecule is Cc1ccc(Cl)cc1NC(=O)c1nc(C(=O)N2CCCCC2)n2ccccc12. The molecule has 3 aromatic rings. The number of imidazole rings is 1. The minimum atomic E-state index is -0.369. The van der Waals surface area contributed by atoms with Crippen LogP contribution in [-0.4, -0.2) is 39.2 Å². The first kappa shape index (κ1) is 18.5. The van der Waals surface area contributed by atoms with Gasteiger partial charge in [-0.25, -0.2) is 4.98 Å². The number of carbonyl (C=O) groups is 2. The highest BCUT2D eigenvalue weighted by atomic mass is 35.5. The summed E-state index contributed by atoms with van der Waals surface area (Å²) < 4.78 is 1.69. The number of nitrogens with zero attached hydrogens (tertiary/aromatic N) is 3. The lowest BCUT2D eigenvalue weighted by Gasteiger charge is -2.25. The predicted molar refractivity (Wildman–Crippen MR) is 109 cm³/mol. The average Bonchev–Trinajstić information content (AvgIpc) is 3.11. The molecule has 1 fully saturated rings. The zero-order valence-electron chi connectivity index (χ0n) is 15.6. The van der Waals surface area contributed by atoms with E-state index in [2.05, 4.69) is 10.3 Å². The number of fused-ring (bicyclic) bond motifs is 1. The van der Waals surface area contributed by atoms with E-state index in [0.29, 0.717) is 16.2 Å². The van der Waals surface area contributed by atoms with E-state index in [-0.39, 0.29) is 23.3 Å². The monoisotopic (exact) mass is 396 g/mol. The third-order valence-corrected chi connectivity index (χ3v) is 5.28. The van der Waals surface area contributed by atoms with Crippen molar-refractivity contribution >= 4 is 34.6 Å². The van der Waals surface area contributed by atoms with E-state index >= 15 is 0 Å². The van der Waals surface area contributed by atoms with E-state index in [9.17, 15) is 9.59 Å². The lowest BCUT2D eigenvalue weighted by molar-refractivity contribution is 0.0711. The standard InChI is InChI=1S/C21H21ClN4O2/c1-14-8-9-15(22)13-16(14)23-20(27)18-17-7-3-6-12-26(17)19(24-18)21(28)25-10-4-2-5-11-25/h3,6-9,12-13H,2,4-5,10-11H2,1H3,(H,23,27). The van der Waals surface area contributed by atoms with Gasteiger partial charge in [-0.15, -0.1) is 0 Å². The second kappa shape index (κ2) is 7.64. The van der Waals surface area contributed by atoms with E-state index in [0.717, 1.165) is 37.9 Å². The van der Waals surface area contributed by atoms with Gasteiger partial charge in [0.2, 0.25) is 5.82 Å². The number of nitrogens with one attached hydrogen (secondary N) is 1. The summed E-state index contributed by atoms with van der Waals surface area (Å²) in [7, 11) is 0. The van der Waals surface area contributed by atoms with Crippen LogP contribution in [0.5, 0.6) is 0 Å². The summed E-state index contributed by atoms with van der Waals surface area (Å²) in [6.45, 7) is 3.34. The van der Waals surface area contributed by atoms with Crippen molar-refractivity contribution in [3.63, 3.8) is 0 Å². The van der Waals surface area contributed by atoms with Crippen molar-refractivity contribution in [2.45, 2.75) is 26.2 Å². The number of likely N-dealkylation sites (tertiary alicyclic amines) is 1. The molecule has 28 heavy (non-hydrogen) atoms. The summed E-state index contributed by atoms with van der Waals surface area (Å²) in [6.07, 6.45) is 4.90. The molecule has 1 aromatic carbocycles. The zero-order chi connectivity index (χ0) is 19.7. The summed E-state index contributed by atoms with van der Waals surface area (Å²) in [5, 5.41) is 3.41. The average molecular weight is 397 g/mol. The zero-order valence-corrected chi connectivity index (χ0v) is 16.4. The van der Waals surface area contributed by atoms with E-state index in [4.69, 9.17) is 11.6 Å². The fourth-order valence-electron chi connectivity index (χ4n) is 3.50. The molecule has 0 atom stereocenters. The minimum Gasteiger partial charge on any atom is -0.336 e. The number of anilines is 1. The number of benzene rings is 1. The van der Waals surface area contributed by atoms with Gasteiger partial charge in [0.15, 0.2) is 5.69 Å². The third kappa shape index (κ3) is 3.47. The van der Waals surface area contributed by atoms with Crippen molar-refractivity contribution < 1.29 is 9.59 Å². The molecule has 7 heteroatoms. The van der Waals surface area contributed by atoms with Crippen molar-refractivity contribution in [1.82, 2.24) is 14.3 Å². The molecule has 1 aliphatic rings. The molecule has 6 nitrogen and oxygen atoms in total. The first-order valence-corrected chi connectivity index (χ1v) is 9.76. The van der Waals surface area contributed by atoms with Gasteiger partial charge in [-0.1, -0.05) is 23.7 Å². The molecule has 0 radical (unpaired) electrons. The second-order valence-corrected chi connectivity index (χ2v) is 7.44. The van der Waals surface area contributed by atoms with Crippen LogP contribution in [0.15, 0.2) is 42.6 Å². The first-order valence-electron chi connectivity index (χ1n) is 9.38. The Bertz CT molecular complexity index is 1050. The van der Waals surface area contributed by atoms with Crippen LogP contribution in [0, 0.1) is 6.92 Å². The molecule has 2 aromatic heterocycles. The number of piperidine rings is 1. The molecule has 1 N–H and O–H groups in total. The highest BCUT2D eigenvalue weighted by molar-refractivity contribution is 6.31. The minimum absolute atomic E-state index is 0.140. The first-order chi connectivity index (χ1) is 13.5. The molecule has 1 saturated heterocycles. The summed E-state index contributed by atoms with van der Waals surface area (Å²) in [4.78, 5) is 32.2. The van der Waals surface area contributed by atoms with Gasteiger partial charge in [0, 0.05) is 30.0 Å². The van der Waals surface area contributed by atoms with E-state index < -0.39 is 0 Å². The fraction of sp³-hybridized carbons (Fsp3) is 0.286. The number of pyridine rings is 1. The third-order valence-electron chi connectivity index (χ3n) is 5.05. The summed E-state index contributed by atoms with van der Waals surface area (Å²) >= 11 is 6.05. The maximum atomic E-state index is 13.0. The Kier molecular flexibility index (Phi) is 5.05. The van der Waals surface area contributed by atoms with Crippen LogP contribution in [0.4, 0.5) is 5.69 Å². The van der Waals surface area contributed by atoms with Gasteiger partial charge < -0.3 is 10.2 Å². The Morgan fingerprint density at radius 2 is 1.89 bits per heavy atom. The fourth-order valence-corrected chi connectivity index (χ4v) is 3.68. The molecular weight excluding hydrogens is 376 g/mol. The normalized spacial score (nSPS) is 14.3. The van der Waals surface area contributed by atoms with Gasteiger partial charge in [-0.05, 0) is 56.0 Å². The molecule has 0 saturated carbocycles. The molecular formula is C21H21ClN4O2. The molecule has 0 unspecified atom stereocenters. The van der Waals surface area contributed by atoms with Gasteiger partial charge in [-0.2, -0.15) is 0 Å². The van der Waals surface area contributed by atoms with Gasteiger partial charge in [0.25, 0.3) is 11.8 Å². The lowest BCUT2D eigenvalue weighted by Crippen LogP contribution is -2.36. The number of carbonyl (C=O) groups excluding carboxylic acids is 2. The Balaban J connectivity index is 1.70. The van der Waals surface area contributed by atoms with Crippen molar-refractivity contribution in [1.29, 1.82) is 0 Å². The lowest BCUT2D eigenvalue weighted by atomic mass is 10.1. The molecule has 0 bridgehead atoms. The van der Waals surface area contributed by atoms with Crippen molar-refractivity contribution in [3.05, 3.63) is 64.7 Å². The molecule has 2 amide bonds. The van der Waals surface area contributed by atoms with Crippen LogP contribution in [0.3, 0.4) is 0 Å². The highest BCUT2D eigenvalue weighted by Crippen LogP contribution is 2.23. The van der Waals surface area contributed by atoms with Gasteiger partial charge in [-0.3, -0.25) is 14.0 Å². The molecule has 0 aliphatic carbocycles. The van der Waals surface area contributed by atoms with E-state index in [1.165, 1.54) is 0 Å². The molecule has 144 valence electrons. The van der Waals surface area contributed by atoms with Gasteiger partial charge in [0.1, 0.15) is 0 Å². The van der Waals surface area contributed by atoms with Crippen LogP contribution in [-0.2, 0) is 0 Å². The van der Waals surface area contributed by atoms with Crippen molar-refractivity contribution in [2.24, 2.45) is 0 Å². The van der Waals surface area contributed by atoms with Crippen LogP contribution in [0.1, 0.15) is 45.9 Å². The maximum Gasteiger partial charge on any atom is 0.290 e. The Morgan fingerprint density at radius 1 is 1.11 bits per heavy atom. The maximum absolute atomic E-state index is 13.0. The van der Waals surface area contributed by atoms with Crippen LogP contribution in [0.2, 0.25) is 5.02 Å². The van der Waals surface area contributed by atoms with E-state index in [1.807, 2.05) is 30.0 Å². The number of aryl methyl sites for hydroxylation is 1. The quantitative estimate of drug-likeness (QED) is 0.722. The summed E-state index contributed by atoms with van der Waals surface area (Å²) in [5.41, 5.74) is 2.34. The second-order valence-electron chi connectivity index (χ2n) is 7.01. The Labute approximate surface area is 168 Å². The van der Waals surface area contributed by atoms with Crippen LogP contribution < -0.4 is 5.32 Å². The van der Waals surface area contributed by atoms with Crippen LogP contribution >= 0.6 is 11.6 Å². The number of amides is 2. The number of hydrogen-bond donors (Lipinski definition) is 1. The largest absolute Gasteiger partial charge is 0.336 e. The van der Waals surface area contributed by atoms with Crippen molar-refractivity contribution in [2.75, 3.05) is 18.4 Å². The number of hydrogen-bond acceptors (Lipinski definition) is 3. The summed E-state index contributed by atoms with van der Waals surface area (Å²) in [5.74, 6) is -0.240. The Hall–Kier alpha value is -2.86. The topological polar surface area (TPSA) is 66.7 Å². The molecule has 4 rings (SSSR count).